The van der Waals surface area contributed by atoms with Crippen LogP contribution in [0.3, 0.4) is 0 Å². The maximum Gasteiger partial charge on any atom is 0.410 e. The molecule has 2 fully saturated rings. The number of pyridine rings is 1. The molecule has 2 aromatic heterocycles. The zero-order chi connectivity index (χ0) is 17.0. The standard InChI is InChI=1S/C16H19N5O3/c1-9-6-12(13-10(2)18-19(3)14(13)17-9)15(22)20-4-5-21-11(7-20)8-24-16(21)23/h6,11H,4-5,7-8H2,1-3H3/t11-/m0/s1. The number of carbonyl (C=O) groups excluding carboxylic acids is 2. The summed E-state index contributed by atoms with van der Waals surface area (Å²) < 4.78 is 6.78. The van der Waals surface area contributed by atoms with E-state index in [0.717, 1.165) is 16.8 Å². The lowest BCUT2D eigenvalue weighted by Gasteiger charge is -2.35. The largest absolute Gasteiger partial charge is 0.447 e. The molecule has 8 heteroatoms. The lowest BCUT2D eigenvalue weighted by molar-refractivity contribution is 0.0618. The number of carbonyl (C=O) groups is 2. The highest BCUT2D eigenvalue weighted by molar-refractivity contribution is 6.06. The number of ether oxygens (including phenoxy) is 1. The quantitative estimate of drug-likeness (QED) is 0.775. The first-order chi connectivity index (χ1) is 11.5. The van der Waals surface area contributed by atoms with E-state index in [1.165, 1.54) is 0 Å². The molecule has 2 aromatic rings. The van der Waals surface area contributed by atoms with Crippen molar-refractivity contribution in [2.45, 2.75) is 19.9 Å². The summed E-state index contributed by atoms with van der Waals surface area (Å²) in [5.74, 6) is -0.0411. The van der Waals surface area contributed by atoms with Crippen molar-refractivity contribution in [2.24, 2.45) is 7.05 Å². The number of piperazine rings is 1. The van der Waals surface area contributed by atoms with Gasteiger partial charge in [0.1, 0.15) is 6.61 Å². The third kappa shape index (κ3) is 2.13. The molecule has 0 aromatic carbocycles. The highest BCUT2D eigenvalue weighted by Gasteiger charge is 2.39. The summed E-state index contributed by atoms with van der Waals surface area (Å²) in [5, 5.41) is 5.19. The predicted molar refractivity (Wildman–Crippen MR) is 85.7 cm³/mol. The normalized spacial score (nSPS) is 20.5. The van der Waals surface area contributed by atoms with Crippen molar-refractivity contribution in [1.82, 2.24) is 24.6 Å². The van der Waals surface area contributed by atoms with E-state index in [9.17, 15) is 9.59 Å². The number of aryl methyl sites for hydroxylation is 3. The molecule has 2 aliphatic heterocycles. The molecule has 0 bridgehead atoms. The van der Waals surface area contributed by atoms with Gasteiger partial charge < -0.3 is 9.64 Å². The van der Waals surface area contributed by atoms with Gasteiger partial charge in [0.15, 0.2) is 5.65 Å². The molecule has 1 atom stereocenters. The van der Waals surface area contributed by atoms with E-state index in [1.807, 2.05) is 27.0 Å². The van der Waals surface area contributed by atoms with E-state index in [0.29, 0.717) is 37.5 Å². The zero-order valence-electron chi connectivity index (χ0n) is 13.9. The molecule has 8 nitrogen and oxygen atoms in total. The smallest absolute Gasteiger partial charge is 0.410 e. The van der Waals surface area contributed by atoms with E-state index in [2.05, 4.69) is 10.1 Å². The highest BCUT2D eigenvalue weighted by atomic mass is 16.6. The number of rotatable bonds is 1. The van der Waals surface area contributed by atoms with E-state index in [4.69, 9.17) is 4.74 Å². The van der Waals surface area contributed by atoms with Crippen molar-refractivity contribution in [2.75, 3.05) is 26.2 Å². The van der Waals surface area contributed by atoms with Crippen LogP contribution >= 0.6 is 0 Å². The fourth-order valence-corrected chi connectivity index (χ4v) is 3.58. The van der Waals surface area contributed by atoms with Crippen molar-refractivity contribution < 1.29 is 14.3 Å². The van der Waals surface area contributed by atoms with Crippen LogP contribution in [0.2, 0.25) is 0 Å². The van der Waals surface area contributed by atoms with Gasteiger partial charge >= 0.3 is 6.09 Å². The number of hydrogen-bond acceptors (Lipinski definition) is 5. The molecule has 2 amide bonds. The minimum atomic E-state index is -0.280. The predicted octanol–water partition coefficient (Wildman–Crippen LogP) is 0.862. The maximum absolute atomic E-state index is 13.1. The van der Waals surface area contributed by atoms with Crippen LogP contribution in [0.4, 0.5) is 4.79 Å². The van der Waals surface area contributed by atoms with Crippen LogP contribution in [0.15, 0.2) is 6.07 Å². The monoisotopic (exact) mass is 329 g/mol. The molecule has 2 saturated heterocycles. The highest BCUT2D eigenvalue weighted by Crippen LogP contribution is 2.25. The molecule has 2 aliphatic rings. The van der Waals surface area contributed by atoms with Crippen LogP contribution in [0, 0.1) is 13.8 Å². The van der Waals surface area contributed by atoms with Gasteiger partial charge in [0.05, 0.1) is 22.7 Å². The molecule has 24 heavy (non-hydrogen) atoms. The number of nitrogens with zero attached hydrogens (tertiary/aromatic N) is 5. The van der Waals surface area contributed by atoms with Crippen molar-refractivity contribution in [3.63, 3.8) is 0 Å². The zero-order valence-corrected chi connectivity index (χ0v) is 13.9. The molecule has 0 aliphatic carbocycles. The Hall–Kier alpha value is -2.64. The van der Waals surface area contributed by atoms with Gasteiger partial charge in [0.25, 0.3) is 5.91 Å². The van der Waals surface area contributed by atoms with Crippen LogP contribution in [-0.2, 0) is 11.8 Å². The minimum absolute atomic E-state index is 0.0411. The summed E-state index contributed by atoms with van der Waals surface area (Å²) >= 11 is 0. The Morgan fingerprint density at radius 3 is 2.92 bits per heavy atom. The first-order valence-electron chi connectivity index (χ1n) is 7.99. The first-order valence-corrected chi connectivity index (χ1v) is 7.99. The maximum atomic E-state index is 13.1. The molecule has 126 valence electrons. The fourth-order valence-electron chi connectivity index (χ4n) is 3.58. The van der Waals surface area contributed by atoms with E-state index < -0.39 is 0 Å². The Kier molecular flexibility index (Phi) is 3.22. The van der Waals surface area contributed by atoms with Crippen LogP contribution in [0.1, 0.15) is 21.7 Å². The molecule has 4 heterocycles. The Morgan fingerprint density at radius 2 is 2.12 bits per heavy atom. The van der Waals surface area contributed by atoms with Gasteiger partial charge in [-0.25, -0.2) is 9.78 Å². The van der Waals surface area contributed by atoms with E-state index in [-0.39, 0.29) is 18.0 Å². The second kappa shape index (κ2) is 5.19. The molecule has 4 rings (SSSR count). The van der Waals surface area contributed by atoms with Gasteiger partial charge in [-0.3, -0.25) is 14.4 Å². The Bertz CT molecular complexity index is 859. The molecule has 0 unspecified atom stereocenters. The number of aromatic nitrogens is 3. The summed E-state index contributed by atoms with van der Waals surface area (Å²) in [6.45, 7) is 5.62. The SMILES string of the molecule is Cc1cc(C(=O)N2CCN3C(=O)OC[C@@H]3C2)c2c(C)nn(C)c2n1. The summed E-state index contributed by atoms with van der Waals surface area (Å²) in [5.41, 5.74) is 2.92. The van der Waals surface area contributed by atoms with E-state index >= 15 is 0 Å². The lowest BCUT2D eigenvalue weighted by Crippen LogP contribution is -2.53. The van der Waals surface area contributed by atoms with Gasteiger partial charge in [-0.15, -0.1) is 0 Å². The Morgan fingerprint density at radius 1 is 1.33 bits per heavy atom. The Balaban J connectivity index is 1.70. The van der Waals surface area contributed by atoms with Crippen LogP contribution in [0.5, 0.6) is 0 Å². The van der Waals surface area contributed by atoms with Crippen LogP contribution in [0.25, 0.3) is 11.0 Å². The number of amides is 2. The third-order valence-corrected chi connectivity index (χ3v) is 4.73. The molecule has 0 saturated carbocycles. The van der Waals surface area contributed by atoms with Crippen molar-refractivity contribution in [3.05, 3.63) is 23.0 Å². The molecular formula is C16H19N5O3. The molecular weight excluding hydrogens is 310 g/mol. The van der Waals surface area contributed by atoms with Gasteiger partial charge in [-0.2, -0.15) is 5.10 Å². The molecule has 0 radical (unpaired) electrons. The van der Waals surface area contributed by atoms with Crippen LogP contribution in [-0.4, -0.2) is 68.8 Å². The van der Waals surface area contributed by atoms with Gasteiger partial charge in [-0.1, -0.05) is 0 Å². The average Bonchev–Trinajstić information content (AvgIpc) is 3.06. The topological polar surface area (TPSA) is 80.6 Å². The second-order valence-corrected chi connectivity index (χ2v) is 6.39. The number of fused-ring (bicyclic) bond motifs is 2. The number of cyclic esters (lactones) is 1. The minimum Gasteiger partial charge on any atom is -0.447 e. The fraction of sp³-hybridized carbons (Fsp3) is 0.500. The average molecular weight is 329 g/mol. The van der Waals surface area contributed by atoms with Crippen molar-refractivity contribution in [1.29, 1.82) is 0 Å². The van der Waals surface area contributed by atoms with Gasteiger partial charge in [0.2, 0.25) is 0 Å². The third-order valence-electron chi connectivity index (χ3n) is 4.73. The van der Waals surface area contributed by atoms with Crippen molar-refractivity contribution in [3.8, 4) is 0 Å². The molecule has 0 N–H and O–H groups in total. The summed E-state index contributed by atoms with van der Waals surface area (Å²) in [7, 11) is 1.83. The number of hydrogen-bond donors (Lipinski definition) is 0. The lowest BCUT2D eigenvalue weighted by atomic mass is 10.1. The Labute approximate surface area is 139 Å². The summed E-state index contributed by atoms with van der Waals surface area (Å²) in [4.78, 5) is 32.7. The summed E-state index contributed by atoms with van der Waals surface area (Å²) in [6.07, 6.45) is -0.280. The first kappa shape index (κ1) is 14.9. The summed E-state index contributed by atoms with van der Waals surface area (Å²) in [6, 6.07) is 1.77. The van der Waals surface area contributed by atoms with Crippen molar-refractivity contribution >= 4 is 23.0 Å². The van der Waals surface area contributed by atoms with Gasteiger partial charge in [0, 0.05) is 32.4 Å². The molecule has 0 spiro atoms. The van der Waals surface area contributed by atoms with E-state index in [1.54, 1.807) is 14.5 Å². The second-order valence-electron chi connectivity index (χ2n) is 6.39. The van der Waals surface area contributed by atoms with Crippen LogP contribution < -0.4 is 0 Å². The van der Waals surface area contributed by atoms with Gasteiger partial charge in [-0.05, 0) is 19.9 Å².